The van der Waals surface area contributed by atoms with Crippen LogP contribution >= 0.6 is 0 Å². The third-order valence-corrected chi connectivity index (χ3v) is 2.84. The molecule has 1 aromatic carbocycles. The zero-order valence-corrected chi connectivity index (χ0v) is 11.6. The monoisotopic (exact) mass is 303 g/mol. The summed E-state index contributed by atoms with van der Waals surface area (Å²) in [6.07, 6.45) is 3.78. The maximum Gasteiger partial charge on any atom is 0.394 e. The van der Waals surface area contributed by atoms with Crippen LogP contribution in [0.4, 0.5) is 5.69 Å². The molecule has 20 heavy (non-hydrogen) atoms. The van der Waals surface area contributed by atoms with Crippen LogP contribution in [-0.4, -0.2) is 41.7 Å². The number of carboxylic acids is 1. The van der Waals surface area contributed by atoms with Crippen molar-refractivity contribution in [2.75, 3.05) is 18.0 Å². The molecule has 0 aromatic heterocycles. The minimum Gasteiger partial charge on any atom is -0.478 e. The van der Waals surface area contributed by atoms with Gasteiger partial charge in [0, 0.05) is 18.8 Å². The molecule has 0 unspecified atom stereocenters. The van der Waals surface area contributed by atoms with Gasteiger partial charge in [0.25, 0.3) is 0 Å². The van der Waals surface area contributed by atoms with Crippen LogP contribution in [0.2, 0.25) is 0 Å². The summed E-state index contributed by atoms with van der Waals surface area (Å²) in [5, 5.41) is 8.77. The molecule has 112 valence electrons. The van der Waals surface area contributed by atoms with E-state index in [1.165, 1.54) is 19.3 Å². The maximum absolute atomic E-state index is 10.7. The topological polar surface area (TPSA) is 115 Å². The van der Waals surface area contributed by atoms with Crippen LogP contribution in [0.3, 0.4) is 0 Å². The summed E-state index contributed by atoms with van der Waals surface area (Å²) in [5.74, 6) is -0.861. The molecule has 0 bridgehead atoms. The van der Waals surface area contributed by atoms with Gasteiger partial charge >= 0.3 is 16.4 Å². The van der Waals surface area contributed by atoms with Crippen LogP contribution in [0.5, 0.6) is 0 Å². The molecule has 1 aromatic rings. The Kier molecular flexibility index (Phi) is 5.93. The normalized spacial score (nSPS) is 15.2. The first-order valence-corrected chi connectivity index (χ1v) is 7.45. The Bertz CT molecular complexity index is 526. The average Bonchev–Trinajstić information content (AvgIpc) is 2.38. The van der Waals surface area contributed by atoms with Crippen molar-refractivity contribution >= 4 is 22.1 Å². The van der Waals surface area contributed by atoms with E-state index in [2.05, 4.69) is 4.90 Å². The molecule has 0 atom stereocenters. The summed E-state index contributed by atoms with van der Waals surface area (Å²) >= 11 is 0. The minimum atomic E-state index is -4.67. The number of aromatic carboxylic acids is 1. The fourth-order valence-electron chi connectivity index (χ4n) is 1.97. The molecule has 1 fully saturated rings. The van der Waals surface area contributed by atoms with Crippen molar-refractivity contribution in [2.45, 2.75) is 19.3 Å². The van der Waals surface area contributed by atoms with Gasteiger partial charge in [-0.05, 0) is 43.5 Å². The second-order valence-electron chi connectivity index (χ2n) is 4.35. The fraction of sp³-hybridized carbons (Fsp3) is 0.417. The smallest absolute Gasteiger partial charge is 0.394 e. The largest absolute Gasteiger partial charge is 0.478 e. The van der Waals surface area contributed by atoms with Gasteiger partial charge in [0.05, 0.1) is 5.56 Å². The summed E-state index contributed by atoms with van der Waals surface area (Å²) < 4.78 is 31.6. The highest BCUT2D eigenvalue weighted by Crippen LogP contribution is 2.20. The second kappa shape index (κ2) is 7.22. The van der Waals surface area contributed by atoms with E-state index in [4.69, 9.17) is 22.6 Å². The molecular formula is C12H17NO6S. The van der Waals surface area contributed by atoms with Crippen molar-refractivity contribution in [3.63, 3.8) is 0 Å². The highest BCUT2D eigenvalue weighted by molar-refractivity contribution is 7.79. The van der Waals surface area contributed by atoms with Crippen LogP contribution < -0.4 is 4.90 Å². The number of nitrogens with zero attached hydrogens (tertiary/aromatic N) is 1. The van der Waals surface area contributed by atoms with E-state index in [1.807, 2.05) is 12.1 Å². The fourth-order valence-corrected chi connectivity index (χ4v) is 1.97. The van der Waals surface area contributed by atoms with Gasteiger partial charge in [0.2, 0.25) is 0 Å². The molecule has 0 amide bonds. The van der Waals surface area contributed by atoms with Gasteiger partial charge < -0.3 is 10.0 Å². The molecule has 2 rings (SSSR count). The molecule has 0 spiro atoms. The van der Waals surface area contributed by atoms with Gasteiger partial charge in [0.15, 0.2) is 0 Å². The van der Waals surface area contributed by atoms with Crippen LogP contribution in [0.15, 0.2) is 24.3 Å². The van der Waals surface area contributed by atoms with Crippen molar-refractivity contribution < 1.29 is 27.4 Å². The molecule has 3 N–H and O–H groups in total. The van der Waals surface area contributed by atoms with E-state index in [1.54, 1.807) is 12.1 Å². The first-order chi connectivity index (χ1) is 9.27. The van der Waals surface area contributed by atoms with Gasteiger partial charge in [-0.1, -0.05) is 0 Å². The average molecular weight is 303 g/mol. The summed E-state index contributed by atoms with van der Waals surface area (Å²) in [6.45, 7) is 2.18. The van der Waals surface area contributed by atoms with Crippen LogP contribution in [0.25, 0.3) is 0 Å². The van der Waals surface area contributed by atoms with Crippen LogP contribution in [-0.2, 0) is 10.4 Å². The predicted octanol–water partition coefficient (Wildman–Crippen LogP) is 1.72. The van der Waals surface area contributed by atoms with E-state index in [9.17, 15) is 4.79 Å². The van der Waals surface area contributed by atoms with E-state index in [0.717, 1.165) is 18.8 Å². The molecule has 0 aliphatic carbocycles. The number of benzene rings is 1. The van der Waals surface area contributed by atoms with E-state index in [0.29, 0.717) is 5.56 Å². The van der Waals surface area contributed by atoms with E-state index in [-0.39, 0.29) is 0 Å². The molecule has 1 heterocycles. The molecule has 1 aliphatic heterocycles. The standard InChI is InChI=1S/C12H15NO2.H2O4S/c14-12(15)10-4-6-11(7-5-10)13-8-2-1-3-9-13;1-5(2,3)4/h4-7H,1-3,8-9H2,(H,14,15);(H2,1,2,3,4). The quantitative estimate of drug-likeness (QED) is 0.712. The maximum atomic E-state index is 10.7. The van der Waals surface area contributed by atoms with Crippen molar-refractivity contribution in [2.24, 2.45) is 0 Å². The second-order valence-corrected chi connectivity index (χ2v) is 5.24. The summed E-state index contributed by atoms with van der Waals surface area (Å²) in [5.41, 5.74) is 1.50. The first kappa shape index (κ1) is 16.4. The SMILES string of the molecule is O=C(O)c1ccc(N2CCCCC2)cc1.O=S(=O)(O)O. The van der Waals surface area contributed by atoms with E-state index < -0.39 is 16.4 Å². The summed E-state index contributed by atoms with van der Waals surface area (Å²) in [4.78, 5) is 13.0. The van der Waals surface area contributed by atoms with Crippen molar-refractivity contribution in [1.29, 1.82) is 0 Å². The zero-order valence-electron chi connectivity index (χ0n) is 10.8. The Morgan fingerprint density at radius 1 is 1.00 bits per heavy atom. The van der Waals surface area contributed by atoms with E-state index >= 15 is 0 Å². The van der Waals surface area contributed by atoms with Gasteiger partial charge in [-0.25, -0.2) is 4.79 Å². The molecule has 1 aliphatic rings. The number of carboxylic acid groups (broad SMARTS) is 1. The number of rotatable bonds is 2. The Balaban J connectivity index is 0.000000347. The van der Waals surface area contributed by atoms with Crippen molar-refractivity contribution in [3.05, 3.63) is 29.8 Å². The lowest BCUT2D eigenvalue weighted by molar-refractivity contribution is 0.0697. The Morgan fingerprint density at radius 3 is 1.85 bits per heavy atom. The number of carbonyl (C=O) groups is 1. The van der Waals surface area contributed by atoms with Crippen LogP contribution in [0, 0.1) is 0 Å². The third kappa shape index (κ3) is 6.50. The molecule has 1 saturated heterocycles. The van der Waals surface area contributed by atoms with Gasteiger partial charge in [-0.15, -0.1) is 0 Å². The lowest BCUT2D eigenvalue weighted by Gasteiger charge is -2.28. The highest BCUT2D eigenvalue weighted by Gasteiger charge is 2.11. The minimum absolute atomic E-state index is 0.357. The summed E-state index contributed by atoms with van der Waals surface area (Å²) in [6, 6.07) is 7.14. The van der Waals surface area contributed by atoms with Gasteiger partial charge in [-0.3, -0.25) is 9.11 Å². The Hall–Kier alpha value is -1.64. The number of hydrogen-bond donors (Lipinski definition) is 3. The zero-order chi connectivity index (χ0) is 15.2. The predicted molar refractivity (Wildman–Crippen MR) is 73.6 cm³/mol. The number of hydrogen-bond acceptors (Lipinski definition) is 4. The molecule has 7 nitrogen and oxygen atoms in total. The lowest BCUT2D eigenvalue weighted by atomic mass is 10.1. The van der Waals surface area contributed by atoms with Crippen LogP contribution in [0.1, 0.15) is 29.6 Å². The molecular weight excluding hydrogens is 286 g/mol. The third-order valence-electron chi connectivity index (χ3n) is 2.84. The summed E-state index contributed by atoms with van der Waals surface area (Å²) in [7, 11) is -4.67. The highest BCUT2D eigenvalue weighted by atomic mass is 32.3. The number of anilines is 1. The Labute approximate surface area is 117 Å². The van der Waals surface area contributed by atoms with Gasteiger partial charge in [0.1, 0.15) is 0 Å². The first-order valence-electron chi connectivity index (χ1n) is 6.05. The number of piperidine rings is 1. The molecule has 0 radical (unpaired) electrons. The Morgan fingerprint density at radius 2 is 1.45 bits per heavy atom. The van der Waals surface area contributed by atoms with Crippen molar-refractivity contribution in [3.8, 4) is 0 Å². The lowest BCUT2D eigenvalue weighted by Crippen LogP contribution is -2.29. The molecule has 0 saturated carbocycles. The van der Waals surface area contributed by atoms with Gasteiger partial charge in [-0.2, -0.15) is 8.42 Å². The van der Waals surface area contributed by atoms with Crippen molar-refractivity contribution in [1.82, 2.24) is 0 Å². The molecule has 8 heteroatoms.